The summed E-state index contributed by atoms with van der Waals surface area (Å²) in [5, 5.41) is 9.41. The molecule has 0 unspecified atom stereocenters. The Bertz CT molecular complexity index is 959. The minimum absolute atomic E-state index is 0.401. The lowest BCUT2D eigenvalue weighted by Gasteiger charge is -2.06. The molecule has 1 N–H and O–H groups in total. The molecule has 0 saturated carbocycles. The van der Waals surface area contributed by atoms with Crippen LogP contribution in [0.15, 0.2) is 48.8 Å². The molecule has 0 aliphatic heterocycles. The molecule has 0 spiro atoms. The van der Waals surface area contributed by atoms with Gasteiger partial charge in [-0.1, -0.05) is 12.1 Å². The highest BCUT2D eigenvalue weighted by Crippen LogP contribution is 2.34. The highest BCUT2D eigenvalue weighted by atomic mass is 32.1. The fourth-order valence-electron chi connectivity index (χ4n) is 2.16. The Morgan fingerprint density at radius 1 is 1.20 bits per heavy atom. The number of aliphatic carboxylic acids is 1. The monoisotopic (exact) mass is 355 g/mol. The molecular weight excluding hydrogens is 342 g/mol. The predicted octanol–water partition coefficient (Wildman–Crippen LogP) is 3.97. The van der Waals surface area contributed by atoms with Crippen LogP contribution in [0, 0.1) is 0 Å². The molecule has 7 heteroatoms. The average molecular weight is 355 g/mol. The van der Waals surface area contributed by atoms with E-state index in [4.69, 9.17) is 14.6 Å². The van der Waals surface area contributed by atoms with Crippen molar-refractivity contribution in [2.45, 2.75) is 0 Å². The topological polar surface area (TPSA) is 85.7 Å². The number of esters is 1. The normalized spacial score (nSPS) is 10.9. The molecule has 2 aromatic heterocycles. The number of carbonyl (C=O) groups excluding carboxylic acids is 1. The highest BCUT2D eigenvalue weighted by molar-refractivity contribution is 7.20. The fourth-order valence-corrected chi connectivity index (χ4v) is 3.12. The van der Waals surface area contributed by atoms with Gasteiger partial charge in [0.2, 0.25) is 0 Å². The largest absolute Gasteiger partial charge is 0.478 e. The Morgan fingerprint density at radius 3 is 2.64 bits per heavy atom. The molecule has 0 aliphatic rings. The van der Waals surface area contributed by atoms with Crippen molar-refractivity contribution in [2.24, 2.45) is 0 Å². The maximum atomic E-state index is 11.7. The molecule has 1 aromatic carbocycles. The number of carboxylic acid groups (broad SMARTS) is 1. The van der Waals surface area contributed by atoms with E-state index in [0.29, 0.717) is 16.4 Å². The first-order valence-corrected chi connectivity index (χ1v) is 8.03. The number of methoxy groups -OCH3 is 1. The second-order valence-electron chi connectivity index (χ2n) is 4.99. The van der Waals surface area contributed by atoms with E-state index in [1.54, 1.807) is 42.7 Å². The number of pyridine rings is 1. The Morgan fingerprint density at radius 2 is 1.96 bits per heavy atom. The van der Waals surface area contributed by atoms with Gasteiger partial charge in [0.1, 0.15) is 10.6 Å². The molecule has 126 valence electrons. The third-order valence-corrected chi connectivity index (χ3v) is 4.37. The van der Waals surface area contributed by atoms with Crippen LogP contribution in [0.2, 0.25) is 0 Å². The van der Waals surface area contributed by atoms with Crippen LogP contribution in [0.5, 0.6) is 11.5 Å². The minimum atomic E-state index is -1.00. The van der Waals surface area contributed by atoms with Crippen LogP contribution < -0.4 is 4.74 Å². The number of aromatic nitrogens is 1. The molecular formula is C18H13NO5S. The van der Waals surface area contributed by atoms with Gasteiger partial charge < -0.3 is 14.6 Å². The molecule has 0 saturated heterocycles. The number of nitrogens with zero attached hydrogens (tertiary/aromatic N) is 1. The summed E-state index contributed by atoms with van der Waals surface area (Å²) in [5.74, 6) is -0.302. The molecule has 0 bridgehead atoms. The van der Waals surface area contributed by atoms with E-state index in [-0.39, 0.29) is 0 Å². The highest BCUT2D eigenvalue weighted by Gasteiger charge is 2.14. The Balaban J connectivity index is 1.86. The van der Waals surface area contributed by atoms with E-state index >= 15 is 0 Å². The van der Waals surface area contributed by atoms with Crippen molar-refractivity contribution < 1.29 is 24.2 Å². The summed E-state index contributed by atoms with van der Waals surface area (Å²) >= 11 is 1.28. The van der Waals surface area contributed by atoms with E-state index < -0.39 is 11.9 Å². The first-order chi connectivity index (χ1) is 12.1. The lowest BCUT2D eigenvalue weighted by atomic mass is 10.2. The number of rotatable bonds is 5. The molecule has 3 aromatic rings. The average Bonchev–Trinajstić information content (AvgIpc) is 3.06. The van der Waals surface area contributed by atoms with E-state index in [9.17, 15) is 9.59 Å². The molecule has 25 heavy (non-hydrogen) atoms. The first kappa shape index (κ1) is 16.7. The second-order valence-corrected chi connectivity index (χ2v) is 6.08. The quantitative estimate of drug-likeness (QED) is 0.550. The Labute approximate surface area is 147 Å². The van der Waals surface area contributed by atoms with Gasteiger partial charge in [-0.2, -0.15) is 0 Å². The number of carboxylic acids is 1. The maximum Gasteiger partial charge on any atom is 0.348 e. The first-order valence-electron chi connectivity index (χ1n) is 7.21. The molecule has 6 nitrogen and oxygen atoms in total. The summed E-state index contributed by atoms with van der Waals surface area (Å²) in [6, 6.07) is 8.67. The maximum absolute atomic E-state index is 11.7. The molecule has 0 radical (unpaired) electrons. The van der Waals surface area contributed by atoms with Crippen LogP contribution in [0.3, 0.4) is 0 Å². The number of benzene rings is 1. The zero-order valence-corrected chi connectivity index (χ0v) is 13.9. The van der Waals surface area contributed by atoms with Gasteiger partial charge >= 0.3 is 11.9 Å². The van der Waals surface area contributed by atoms with Crippen molar-refractivity contribution in [3.8, 4) is 11.5 Å². The Hall–Kier alpha value is -3.19. The van der Waals surface area contributed by atoms with E-state index in [1.807, 2.05) is 0 Å². The number of carbonyl (C=O) groups is 2. The summed E-state index contributed by atoms with van der Waals surface area (Å²) in [6.45, 7) is 0. The molecule has 0 atom stereocenters. The van der Waals surface area contributed by atoms with Crippen LogP contribution in [-0.4, -0.2) is 29.1 Å². The van der Waals surface area contributed by atoms with Crippen LogP contribution in [0.25, 0.3) is 16.2 Å². The van der Waals surface area contributed by atoms with Gasteiger partial charge in [-0.05, 0) is 29.8 Å². The SMILES string of the molecule is COC(=O)c1cc2c(Oc3ccc(C=CC(=O)O)cc3)cncc2s1. The second kappa shape index (κ2) is 7.14. The molecule has 2 heterocycles. The number of thiophene rings is 1. The number of hydrogen-bond donors (Lipinski definition) is 1. The third kappa shape index (κ3) is 3.84. The summed E-state index contributed by atoms with van der Waals surface area (Å²) in [4.78, 5) is 26.8. The summed E-state index contributed by atoms with van der Waals surface area (Å²) in [6.07, 6.45) is 5.81. The number of ether oxygens (including phenoxy) is 2. The summed E-state index contributed by atoms with van der Waals surface area (Å²) < 4.78 is 11.4. The smallest absolute Gasteiger partial charge is 0.348 e. The zero-order valence-electron chi connectivity index (χ0n) is 13.1. The Kier molecular flexibility index (Phi) is 4.76. The van der Waals surface area contributed by atoms with Gasteiger partial charge in [0, 0.05) is 17.7 Å². The molecule has 3 rings (SSSR count). The van der Waals surface area contributed by atoms with Gasteiger partial charge in [0.15, 0.2) is 5.75 Å². The standard InChI is InChI=1S/C18H13NO5S/c1-23-18(22)15-8-13-14(9-19-10-16(13)25-15)24-12-5-2-11(3-6-12)4-7-17(20)21/h2-10H,1H3,(H,20,21). The van der Waals surface area contributed by atoms with Crippen molar-refractivity contribution in [1.82, 2.24) is 4.98 Å². The summed E-state index contributed by atoms with van der Waals surface area (Å²) in [7, 11) is 1.34. The predicted molar refractivity (Wildman–Crippen MR) is 94.1 cm³/mol. The van der Waals surface area contributed by atoms with E-state index in [2.05, 4.69) is 4.98 Å². The van der Waals surface area contributed by atoms with Crippen molar-refractivity contribution in [3.05, 3.63) is 59.2 Å². The van der Waals surface area contributed by atoms with Crippen molar-refractivity contribution in [3.63, 3.8) is 0 Å². The van der Waals surface area contributed by atoms with Crippen molar-refractivity contribution in [2.75, 3.05) is 7.11 Å². The van der Waals surface area contributed by atoms with Gasteiger partial charge in [-0.3, -0.25) is 4.98 Å². The third-order valence-electron chi connectivity index (χ3n) is 3.32. The van der Waals surface area contributed by atoms with E-state index in [1.165, 1.54) is 24.5 Å². The summed E-state index contributed by atoms with van der Waals surface area (Å²) in [5.41, 5.74) is 0.745. The molecule has 0 aliphatic carbocycles. The van der Waals surface area contributed by atoms with Gasteiger partial charge in [0.25, 0.3) is 0 Å². The lowest BCUT2D eigenvalue weighted by Crippen LogP contribution is -1.96. The van der Waals surface area contributed by atoms with Crippen LogP contribution in [0.4, 0.5) is 0 Å². The van der Waals surface area contributed by atoms with Crippen molar-refractivity contribution >= 4 is 39.4 Å². The van der Waals surface area contributed by atoms with Crippen molar-refractivity contribution in [1.29, 1.82) is 0 Å². The van der Waals surface area contributed by atoms with Gasteiger partial charge in [-0.15, -0.1) is 11.3 Å². The van der Waals surface area contributed by atoms with Crippen LogP contribution >= 0.6 is 11.3 Å². The zero-order chi connectivity index (χ0) is 17.8. The fraction of sp³-hybridized carbons (Fsp3) is 0.0556. The number of fused-ring (bicyclic) bond motifs is 1. The van der Waals surface area contributed by atoms with E-state index in [0.717, 1.165) is 21.7 Å². The molecule has 0 amide bonds. The minimum Gasteiger partial charge on any atom is -0.478 e. The van der Waals surface area contributed by atoms with Gasteiger partial charge in [-0.25, -0.2) is 9.59 Å². The van der Waals surface area contributed by atoms with Gasteiger partial charge in [0.05, 0.1) is 18.0 Å². The number of hydrogen-bond acceptors (Lipinski definition) is 6. The lowest BCUT2D eigenvalue weighted by molar-refractivity contribution is -0.131. The molecule has 0 fully saturated rings. The van der Waals surface area contributed by atoms with Crippen LogP contribution in [0.1, 0.15) is 15.2 Å². The van der Waals surface area contributed by atoms with Crippen LogP contribution in [-0.2, 0) is 9.53 Å².